The van der Waals surface area contributed by atoms with E-state index in [-0.39, 0.29) is 21.2 Å². The molecular weight excluding hydrogens is 311 g/mol. The van der Waals surface area contributed by atoms with Gasteiger partial charge < -0.3 is 4.57 Å². The zero-order valence-corrected chi connectivity index (χ0v) is 12.4. The van der Waals surface area contributed by atoms with Gasteiger partial charge in [-0.15, -0.1) is 0 Å². The number of halogens is 2. The highest BCUT2D eigenvalue weighted by Crippen LogP contribution is 2.57. The maximum Gasteiger partial charge on any atom is 0.270 e. The van der Waals surface area contributed by atoms with E-state index < -0.39 is 15.3 Å². The summed E-state index contributed by atoms with van der Waals surface area (Å²) in [5.41, 5.74) is -0.297. The second-order valence-electron chi connectivity index (χ2n) is 5.40. The summed E-state index contributed by atoms with van der Waals surface area (Å²) in [6.45, 7) is 0. The number of carbonyl (C=O) groups excluding carboxylic acids is 1. The normalized spacial score (nSPS) is 28.7. The molecule has 0 unspecified atom stereocenters. The van der Waals surface area contributed by atoms with E-state index in [1.54, 1.807) is 0 Å². The topological polar surface area (TPSA) is 68.2 Å². The van der Waals surface area contributed by atoms with Gasteiger partial charge in [-0.05, 0) is 36.8 Å². The van der Waals surface area contributed by atoms with Gasteiger partial charge in [0.05, 0.1) is 5.02 Å². The summed E-state index contributed by atoms with van der Waals surface area (Å²) in [5.74, 6) is 0.661. The molecular formula is C11H12Cl2N2O3S. The molecule has 4 rings (SSSR count). The SMILES string of the molecule is Cn1cc(S(=O)(=O)NC23CC(C2)C3)c(Cl)c1C(=O)Cl. The van der Waals surface area contributed by atoms with E-state index >= 15 is 0 Å². The quantitative estimate of drug-likeness (QED) is 0.861. The number of nitrogens with zero attached hydrogens (tertiary/aromatic N) is 1. The molecule has 0 radical (unpaired) electrons. The van der Waals surface area contributed by atoms with E-state index in [1.807, 2.05) is 0 Å². The van der Waals surface area contributed by atoms with Crippen molar-refractivity contribution in [1.82, 2.24) is 9.29 Å². The van der Waals surface area contributed by atoms with Crippen LogP contribution >= 0.6 is 23.2 Å². The van der Waals surface area contributed by atoms with E-state index in [9.17, 15) is 13.2 Å². The fourth-order valence-electron chi connectivity index (χ4n) is 2.92. The Morgan fingerprint density at radius 1 is 1.47 bits per heavy atom. The van der Waals surface area contributed by atoms with Crippen LogP contribution in [0.25, 0.3) is 0 Å². The lowest BCUT2D eigenvalue weighted by Crippen LogP contribution is -2.67. The monoisotopic (exact) mass is 322 g/mol. The molecule has 3 saturated carbocycles. The standard InChI is InChI=1S/C11H12Cl2N2O3S/c1-15-5-7(8(12)9(15)10(13)16)19(17,18)14-11-2-6(3-11)4-11/h5-6,14H,2-4H2,1H3. The Bertz CT molecular complexity index is 663. The Kier molecular flexibility index (Phi) is 2.81. The summed E-state index contributed by atoms with van der Waals surface area (Å²) in [7, 11) is -2.19. The molecule has 19 heavy (non-hydrogen) atoms. The van der Waals surface area contributed by atoms with Crippen molar-refractivity contribution in [2.45, 2.75) is 29.7 Å². The smallest absolute Gasteiger partial charge is 0.270 e. The van der Waals surface area contributed by atoms with E-state index in [2.05, 4.69) is 4.72 Å². The molecule has 5 nitrogen and oxygen atoms in total. The highest BCUT2D eigenvalue weighted by molar-refractivity contribution is 7.89. The van der Waals surface area contributed by atoms with Crippen molar-refractivity contribution >= 4 is 38.5 Å². The summed E-state index contributed by atoms with van der Waals surface area (Å²) in [6, 6.07) is 0. The van der Waals surface area contributed by atoms with Crippen LogP contribution in [0.15, 0.2) is 11.1 Å². The average molecular weight is 323 g/mol. The maximum absolute atomic E-state index is 12.3. The lowest BCUT2D eigenvalue weighted by Gasteiger charge is -2.61. The Hall–Kier alpha value is -0.560. The summed E-state index contributed by atoms with van der Waals surface area (Å²) >= 11 is 11.4. The highest BCUT2D eigenvalue weighted by atomic mass is 35.5. The van der Waals surface area contributed by atoms with Gasteiger partial charge in [-0.2, -0.15) is 0 Å². The van der Waals surface area contributed by atoms with Crippen LogP contribution in [-0.4, -0.2) is 23.8 Å². The van der Waals surface area contributed by atoms with E-state index in [4.69, 9.17) is 23.2 Å². The molecule has 0 amide bonds. The van der Waals surface area contributed by atoms with Crippen LogP contribution in [0.3, 0.4) is 0 Å². The van der Waals surface area contributed by atoms with Crippen LogP contribution in [0.2, 0.25) is 5.02 Å². The minimum absolute atomic E-state index is 0.0127. The van der Waals surface area contributed by atoms with Crippen LogP contribution in [0.1, 0.15) is 29.8 Å². The summed E-state index contributed by atoms with van der Waals surface area (Å²) in [5, 5.41) is -0.902. The fourth-order valence-corrected chi connectivity index (χ4v) is 5.33. The number of sulfonamides is 1. The van der Waals surface area contributed by atoms with Gasteiger partial charge >= 0.3 is 0 Å². The van der Waals surface area contributed by atoms with Gasteiger partial charge in [-0.1, -0.05) is 11.6 Å². The zero-order chi connectivity index (χ0) is 14.0. The zero-order valence-electron chi connectivity index (χ0n) is 10.1. The van der Waals surface area contributed by atoms with Crippen LogP contribution in [0.5, 0.6) is 0 Å². The minimum Gasteiger partial charge on any atom is -0.344 e. The van der Waals surface area contributed by atoms with E-state index in [1.165, 1.54) is 17.8 Å². The van der Waals surface area contributed by atoms with Crippen molar-refractivity contribution < 1.29 is 13.2 Å². The molecule has 2 bridgehead atoms. The van der Waals surface area contributed by atoms with Crippen LogP contribution in [0, 0.1) is 5.92 Å². The lowest BCUT2D eigenvalue weighted by molar-refractivity contribution is -0.0317. The first kappa shape index (κ1) is 13.4. The third-order valence-corrected chi connectivity index (χ3v) is 6.22. The van der Waals surface area contributed by atoms with Crippen molar-refractivity contribution in [2.24, 2.45) is 13.0 Å². The molecule has 0 spiro atoms. The maximum atomic E-state index is 12.3. The number of carbonyl (C=O) groups is 1. The molecule has 104 valence electrons. The Morgan fingerprint density at radius 2 is 2.05 bits per heavy atom. The first-order valence-electron chi connectivity index (χ1n) is 5.83. The van der Waals surface area contributed by atoms with Gasteiger partial charge in [0.25, 0.3) is 5.24 Å². The van der Waals surface area contributed by atoms with Gasteiger partial charge in [-0.25, -0.2) is 13.1 Å². The van der Waals surface area contributed by atoms with Crippen molar-refractivity contribution in [3.05, 3.63) is 16.9 Å². The predicted molar refractivity (Wildman–Crippen MR) is 71.0 cm³/mol. The van der Waals surface area contributed by atoms with Gasteiger partial charge in [0.1, 0.15) is 10.6 Å². The molecule has 8 heteroatoms. The molecule has 1 aromatic heterocycles. The fraction of sp³-hybridized carbons (Fsp3) is 0.545. The third-order valence-electron chi connectivity index (χ3n) is 3.95. The molecule has 3 aliphatic carbocycles. The Balaban J connectivity index is 1.97. The number of hydrogen-bond acceptors (Lipinski definition) is 3. The van der Waals surface area contributed by atoms with Gasteiger partial charge in [0.15, 0.2) is 0 Å². The van der Waals surface area contributed by atoms with Crippen molar-refractivity contribution in [1.29, 1.82) is 0 Å². The Morgan fingerprint density at radius 3 is 2.42 bits per heavy atom. The number of nitrogens with one attached hydrogen (secondary N) is 1. The molecule has 1 N–H and O–H groups in total. The van der Waals surface area contributed by atoms with Gasteiger partial charge in [0.2, 0.25) is 10.0 Å². The average Bonchev–Trinajstić information content (AvgIpc) is 2.47. The van der Waals surface area contributed by atoms with Crippen LogP contribution < -0.4 is 4.72 Å². The molecule has 0 aliphatic heterocycles. The van der Waals surface area contributed by atoms with Gasteiger partial charge in [-0.3, -0.25) is 4.79 Å². The minimum atomic E-state index is -3.72. The van der Waals surface area contributed by atoms with Gasteiger partial charge in [0, 0.05) is 18.8 Å². The van der Waals surface area contributed by atoms with E-state index in [0.717, 1.165) is 19.3 Å². The third kappa shape index (κ3) is 1.93. The van der Waals surface area contributed by atoms with Crippen molar-refractivity contribution in [3.8, 4) is 0 Å². The first-order valence-corrected chi connectivity index (χ1v) is 8.07. The summed E-state index contributed by atoms with van der Waals surface area (Å²) in [4.78, 5) is 11.1. The lowest BCUT2D eigenvalue weighted by atomic mass is 9.50. The largest absolute Gasteiger partial charge is 0.344 e. The van der Waals surface area contributed by atoms with Crippen LogP contribution in [-0.2, 0) is 17.1 Å². The molecule has 0 aromatic carbocycles. The number of aromatic nitrogens is 1. The van der Waals surface area contributed by atoms with Crippen molar-refractivity contribution in [2.75, 3.05) is 0 Å². The second-order valence-corrected chi connectivity index (χ2v) is 7.78. The second kappa shape index (κ2) is 3.97. The molecule has 1 aromatic rings. The number of rotatable bonds is 4. The summed E-state index contributed by atoms with van der Waals surface area (Å²) < 4.78 is 28.6. The molecule has 3 fully saturated rings. The van der Waals surface area contributed by atoms with Crippen LogP contribution in [0.4, 0.5) is 0 Å². The number of hydrogen-bond donors (Lipinski definition) is 1. The summed E-state index contributed by atoms with van der Waals surface area (Å²) in [6.07, 6.45) is 3.97. The Labute approximate surface area is 120 Å². The molecule has 0 saturated heterocycles. The van der Waals surface area contributed by atoms with Crippen molar-refractivity contribution in [3.63, 3.8) is 0 Å². The highest BCUT2D eigenvalue weighted by Gasteiger charge is 2.58. The molecule has 1 heterocycles. The molecule has 0 atom stereocenters. The molecule has 3 aliphatic rings. The number of aryl methyl sites for hydroxylation is 1. The van der Waals surface area contributed by atoms with E-state index in [0.29, 0.717) is 5.92 Å². The first-order chi connectivity index (χ1) is 8.74. The predicted octanol–water partition coefficient (Wildman–Crippen LogP) is 1.89.